The van der Waals surface area contributed by atoms with Gasteiger partial charge in [-0.2, -0.15) is 0 Å². The summed E-state index contributed by atoms with van der Waals surface area (Å²) in [5, 5.41) is 9.22. The first-order chi connectivity index (χ1) is 10.7. The number of hydrogen-bond acceptors (Lipinski definition) is 4. The van der Waals surface area contributed by atoms with E-state index in [1.165, 1.54) is 0 Å². The van der Waals surface area contributed by atoms with Crippen LogP contribution in [-0.4, -0.2) is 39.3 Å². The fourth-order valence-corrected chi connectivity index (χ4v) is 2.97. The van der Waals surface area contributed by atoms with E-state index in [4.69, 9.17) is 20.0 Å². The third-order valence-electron chi connectivity index (χ3n) is 4.48. The molecule has 1 rings (SSSR count). The molecule has 132 valence electrons. The van der Waals surface area contributed by atoms with Crippen molar-refractivity contribution in [1.29, 1.82) is 0 Å². The summed E-state index contributed by atoms with van der Waals surface area (Å²) in [5.41, 5.74) is 6.84. The van der Waals surface area contributed by atoms with Gasteiger partial charge in [-0.05, 0) is 42.2 Å². The van der Waals surface area contributed by atoms with E-state index in [0.29, 0.717) is 13.0 Å². The van der Waals surface area contributed by atoms with Crippen LogP contribution < -0.4 is 10.5 Å². The number of aliphatic hydroxyl groups is 1. The van der Waals surface area contributed by atoms with Crippen LogP contribution in [0, 0.1) is 0 Å². The molecular weight excluding hydrogens is 306 g/mol. The molecule has 0 spiro atoms. The summed E-state index contributed by atoms with van der Waals surface area (Å²) in [5.74, 6) is 0.860. The number of aliphatic hydroxyl groups excluding tert-OH is 1. The van der Waals surface area contributed by atoms with Crippen molar-refractivity contribution >= 4 is 8.32 Å². The van der Waals surface area contributed by atoms with E-state index in [9.17, 15) is 0 Å². The number of nitrogens with two attached hydrogens (primary N) is 1. The van der Waals surface area contributed by atoms with E-state index in [2.05, 4.69) is 33.9 Å². The van der Waals surface area contributed by atoms with Crippen molar-refractivity contribution in [2.45, 2.75) is 57.8 Å². The van der Waals surface area contributed by atoms with Crippen LogP contribution in [0.2, 0.25) is 18.1 Å². The molecule has 0 unspecified atom stereocenters. The monoisotopic (exact) mass is 339 g/mol. The van der Waals surface area contributed by atoms with E-state index >= 15 is 0 Å². The van der Waals surface area contributed by atoms with Gasteiger partial charge in [0.25, 0.3) is 0 Å². The van der Waals surface area contributed by atoms with Crippen molar-refractivity contribution in [3.63, 3.8) is 0 Å². The molecule has 0 aliphatic rings. The van der Waals surface area contributed by atoms with Crippen molar-refractivity contribution in [3.05, 3.63) is 29.8 Å². The van der Waals surface area contributed by atoms with Gasteiger partial charge in [-0.15, -0.1) is 0 Å². The summed E-state index contributed by atoms with van der Waals surface area (Å²) in [4.78, 5) is 0. The number of rotatable bonds is 9. The lowest BCUT2D eigenvalue weighted by atomic mass is 10.1. The Hall–Kier alpha value is -0.883. The lowest BCUT2D eigenvalue weighted by Crippen LogP contribution is -2.41. The molecular formula is C18H33NO3Si. The van der Waals surface area contributed by atoms with Gasteiger partial charge in [-0.25, -0.2) is 0 Å². The van der Waals surface area contributed by atoms with Gasteiger partial charge in [0.2, 0.25) is 0 Å². The minimum Gasteiger partial charge on any atom is -0.494 e. The van der Waals surface area contributed by atoms with E-state index < -0.39 is 8.32 Å². The third-order valence-corrected chi connectivity index (χ3v) is 9.02. The molecule has 0 aromatic heterocycles. The Morgan fingerprint density at radius 1 is 1.13 bits per heavy atom. The largest absolute Gasteiger partial charge is 0.494 e. The molecule has 1 aromatic rings. The van der Waals surface area contributed by atoms with Crippen LogP contribution >= 0.6 is 0 Å². The fraction of sp³-hybridized carbons (Fsp3) is 0.667. The zero-order valence-electron chi connectivity index (χ0n) is 15.3. The molecule has 23 heavy (non-hydrogen) atoms. The number of hydrogen-bond donors (Lipinski definition) is 2. The van der Waals surface area contributed by atoms with Crippen LogP contribution in [-0.2, 0) is 10.8 Å². The molecule has 0 amide bonds. The maximum absolute atomic E-state index is 8.97. The highest BCUT2D eigenvalue weighted by Gasteiger charge is 2.36. The molecule has 3 N–H and O–H groups in total. The maximum Gasteiger partial charge on any atom is 0.191 e. The van der Waals surface area contributed by atoms with Gasteiger partial charge in [0, 0.05) is 19.1 Å². The Labute approximate surface area is 142 Å². The standard InChI is InChI=1S/C18H33NO3Si/c1-18(2,3)23(4,5)22-12-6-11-21-17-9-7-15(8-10-17)13-16(19)14-20/h7-10,16,20H,6,11-14,19H2,1-5H3/t16-/m0/s1. The highest BCUT2D eigenvalue weighted by Crippen LogP contribution is 2.36. The molecule has 4 nitrogen and oxygen atoms in total. The quantitative estimate of drug-likeness (QED) is 0.535. The number of ether oxygens (including phenoxy) is 1. The van der Waals surface area contributed by atoms with E-state index in [0.717, 1.165) is 24.3 Å². The normalized spacial score (nSPS) is 13.9. The first-order valence-corrected chi connectivity index (χ1v) is 11.3. The molecule has 1 aromatic carbocycles. The van der Waals surface area contributed by atoms with Gasteiger partial charge in [-0.3, -0.25) is 0 Å². The molecule has 5 heteroatoms. The third kappa shape index (κ3) is 7.04. The molecule has 0 saturated heterocycles. The highest BCUT2D eigenvalue weighted by atomic mass is 28.4. The lowest BCUT2D eigenvalue weighted by Gasteiger charge is -2.36. The Balaban J connectivity index is 2.29. The Kier molecular flexibility index (Phi) is 7.74. The van der Waals surface area contributed by atoms with Gasteiger partial charge in [-0.1, -0.05) is 32.9 Å². The van der Waals surface area contributed by atoms with Crippen molar-refractivity contribution in [1.82, 2.24) is 0 Å². The first-order valence-electron chi connectivity index (χ1n) is 8.38. The Morgan fingerprint density at radius 2 is 1.74 bits per heavy atom. The second kappa shape index (κ2) is 8.83. The zero-order valence-corrected chi connectivity index (χ0v) is 16.3. The van der Waals surface area contributed by atoms with Crippen LogP contribution in [0.4, 0.5) is 0 Å². The van der Waals surface area contributed by atoms with Crippen LogP contribution in [0.1, 0.15) is 32.8 Å². The Bertz CT molecular complexity index is 454. The van der Waals surface area contributed by atoms with Gasteiger partial charge >= 0.3 is 0 Å². The summed E-state index contributed by atoms with van der Waals surface area (Å²) in [6, 6.07) is 7.70. The Morgan fingerprint density at radius 3 is 2.26 bits per heavy atom. The summed E-state index contributed by atoms with van der Waals surface area (Å²) in [6.45, 7) is 12.7. The molecule has 0 heterocycles. The molecule has 0 bridgehead atoms. The first kappa shape index (κ1) is 20.2. The highest BCUT2D eigenvalue weighted by molar-refractivity contribution is 6.74. The van der Waals surface area contributed by atoms with Crippen LogP contribution in [0.3, 0.4) is 0 Å². The second-order valence-electron chi connectivity index (χ2n) is 7.60. The summed E-state index contributed by atoms with van der Waals surface area (Å²) in [6.07, 6.45) is 1.57. The smallest absolute Gasteiger partial charge is 0.191 e. The van der Waals surface area contributed by atoms with Crippen molar-refractivity contribution in [2.24, 2.45) is 5.73 Å². The summed E-state index contributed by atoms with van der Waals surface area (Å²) < 4.78 is 11.9. The van der Waals surface area contributed by atoms with Gasteiger partial charge in [0.1, 0.15) is 5.75 Å². The van der Waals surface area contributed by atoms with E-state index in [1.54, 1.807) is 0 Å². The van der Waals surface area contributed by atoms with Crippen LogP contribution in [0.5, 0.6) is 5.75 Å². The average Bonchev–Trinajstić information content (AvgIpc) is 2.47. The van der Waals surface area contributed by atoms with Gasteiger partial charge in [0.05, 0.1) is 13.2 Å². The van der Waals surface area contributed by atoms with Gasteiger partial charge < -0.3 is 20.0 Å². The van der Waals surface area contributed by atoms with Crippen LogP contribution in [0.25, 0.3) is 0 Å². The molecule has 0 aliphatic heterocycles. The van der Waals surface area contributed by atoms with Crippen molar-refractivity contribution < 1.29 is 14.3 Å². The SMILES string of the molecule is CC(C)(C)[Si](C)(C)OCCCOc1ccc(C[C@H](N)CO)cc1. The zero-order chi connectivity index (χ0) is 17.5. The lowest BCUT2D eigenvalue weighted by molar-refractivity contribution is 0.233. The van der Waals surface area contributed by atoms with Crippen molar-refractivity contribution in [3.8, 4) is 5.75 Å². The average molecular weight is 340 g/mol. The second-order valence-corrected chi connectivity index (χ2v) is 12.4. The minimum atomic E-state index is -1.65. The minimum absolute atomic E-state index is 0.00643. The predicted molar refractivity (Wildman–Crippen MR) is 98.5 cm³/mol. The maximum atomic E-state index is 8.97. The van der Waals surface area contributed by atoms with Gasteiger partial charge in [0.15, 0.2) is 8.32 Å². The molecule has 0 aliphatic carbocycles. The molecule has 0 saturated carbocycles. The molecule has 0 fully saturated rings. The van der Waals surface area contributed by atoms with E-state index in [1.807, 2.05) is 24.3 Å². The topological polar surface area (TPSA) is 64.7 Å². The van der Waals surface area contributed by atoms with Crippen molar-refractivity contribution in [2.75, 3.05) is 19.8 Å². The predicted octanol–water partition coefficient (Wildman–Crippen LogP) is 3.34. The molecule has 0 radical (unpaired) electrons. The molecule has 1 atom stereocenters. The van der Waals surface area contributed by atoms with Crippen LogP contribution in [0.15, 0.2) is 24.3 Å². The van der Waals surface area contributed by atoms with E-state index in [-0.39, 0.29) is 17.7 Å². The number of benzene rings is 1. The fourth-order valence-electron chi connectivity index (χ4n) is 1.88. The summed E-state index contributed by atoms with van der Waals surface area (Å²) in [7, 11) is -1.65. The summed E-state index contributed by atoms with van der Waals surface area (Å²) >= 11 is 0.